The lowest BCUT2D eigenvalue weighted by Crippen LogP contribution is -2.51. The molecule has 0 bridgehead atoms. The number of imidazole rings is 1. The number of aromatic nitrogens is 4. The van der Waals surface area contributed by atoms with Gasteiger partial charge in [-0.05, 0) is 19.9 Å². The van der Waals surface area contributed by atoms with E-state index < -0.39 is 0 Å². The van der Waals surface area contributed by atoms with Crippen molar-refractivity contribution in [2.24, 2.45) is 7.05 Å². The maximum Gasteiger partial charge on any atom is 0.272 e. The van der Waals surface area contributed by atoms with Crippen molar-refractivity contribution in [2.45, 2.75) is 19.9 Å². The van der Waals surface area contributed by atoms with Gasteiger partial charge in [0.2, 0.25) is 0 Å². The summed E-state index contributed by atoms with van der Waals surface area (Å²) in [6, 6.07) is 12.3. The molecule has 3 aromatic rings. The molecular weight excluding hydrogens is 314 g/mol. The van der Waals surface area contributed by atoms with Crippen LogP contribution in [0.1, 0.15) is 27.9 Å². The molecule has 0 atom stereocenters. The van der Waals surface area contributed by atoms with E-state index in [-0.39, 0.29) is 11.9 Å². The first kappa shape index (κ1) is 15.6. The first-order valence-corrected chi connectivity index (χ1v) is 8.44. The Balaban J connectivity index is 1.54. The molecule has 6 heteroatoms. The van der Waals surface area contributed by atoms with Gasteiger partial charge in [0, 0.05) is 37.6 Å². The minimum absolute atomic E-state index is 0.0402. The minimum atomic E-state index is 0.0402. The van der Waals surface area contributed by atoms with Gasteiger partial charge in [-0.25, -0.2) is 4.98 Å². The number of amides is 1. The average molecular weight is 335 g/mol. The third-order valence-corrected chi connectivity index (χ3v) is 4.75. The SMILES string of the molecule is Cc1cc(C(=O)N2CC(n3c(C)cnc3-c3ccccc3)C2)n(C)n1. The third kappa shape index (κ3) is 2.63. The quantitative estimate of drug-likeness (QED) is 0.739. The minimum Gasteiger partial charge on any atom is -0.333 e. The van der Waals surface area contributed by atoms with E-state index in [1.165, 1.54) is 0 Å². The summed E-state index contributed by atoms with van der Waals surface area (Å²) in [5.41, 5.74) is 3.72. The number of nitrogens with zero attached hydrogens (tertiary/aromatic N) is 5. The Kier molecular flexibility index (Phi) is 3.67. The maximum absolute atomic E-state index is 12.7. The molecule has 2 aromatic heterocycles. The molecule has 3 heterocycles. The van der Waals surface area contributed by atoms with Crippen LogP contribution in [0.3, 0.4) is 0 Å². The molecule has 1 amide bonds. The Morgan fingerprint density at radius 3 is 2.52 bits per heavy atom. The highest BCUT2D eigenvalue weighted by molar-refractivity contribution is 5.93. The van der Waals surface area contributed by atoms with Crippen LogP contribution in [-0.4, -0.2) is 43.2 Å². The topological polar surface area (TPSA) is 56.0 Å². The van der Waals surface area contributed by atoms with Gasteiger partial charge < -0.3 is 9.47 Å². The van der Waals surface area contributed by atoms with Crippen LogP contribution >= 0.6 is 0 Å². The summed E-state index contributed by atoms with van der Waals surface area (Å²) in [5, 5.41) is 4.26. The predicted octanol–water partition coefficient (Wildman–Crippen LogP) is 2.60. The molecule has 1 fully saturated rings. The summed E-state index contributed by atoms with van der Waals surface area (Å²) < 4.78 is 3.90. The van der Waals surface area contributed by atoms with Crippen LogP contribution in [0.4, 0.5) is 0 Å². The van der Waals surface area contributed by atoms with E-state index in [1.54, 1.807) is 4.68 Å². The normalized spacial score (nSPS) is 14.6. The van der Waals surface area contributed by atoms with Crippen LogP contribution in [-0.2, 0) is 7.05 Å². The first-order valence-electron chi connectivity index (χ1n) is 8.44. The highest BCUT2D eigenvalue weighted by atomic mass is 16.2. The molecule has 0 spiro atoms. The lowest BCUT2D eigenvalue weighted by atomic mass is 10.1. The fourth-order valence-corrected chi connectivity index (χ4v) is 3.46. The van der Waals surface area contributed by atoms with Gasteiger partial charge in [0.25, 0.3) is 5.91 Å². The largest absolute Gasteiger partial charge is 0.333 e. The number of benzene rings is 1. The molecule has 25 heavy (non-hydrogen) atoms. The van der Waals surface area contributed by atoms with E-state index in [1.807, 2.05) is 49.3 Å². The van der Waals surface area contributed by atoms with Crippen LogP contribution < -0.4 is 0 Å². The zero-order valence-corrected chi connectivity index (χ0v) is 14.7. The van der Waals surface area contributed by atoms with E-state index in [4.69, 9.17) is 0 Å². The van der Waals surface area contributed by atoms with Crippen LogP contribution in [0.2, 0.25) is 0 Å². The molecule has 0 N–H and O–H groups in total. The summed E-state index contributed by atoms with van der Waals surface area (Å²) in [6.45, 7) is 5.35. The van der Waals surface area contributed by atoms with Crippen LogP contribution in [0.5, 0.6) is 0 Å². The zero-order valence-electron chi connectivity index (χ0n) is 14.7. The smallest absolute Gasteiger partial charge is 0.272 e. The third-order valence-electron chi connectivity index (χ3n) is 4.75. The van der Waals surface area contributed by atoms with E-state index >= 15 is 0 Å². The zero-order chi connectivity index (χ0) is 17.6. The molecule has 1 aliphatic rings. The highest BCUT2D eigenvalue weighted by Gasteiger charge is 2.35. The Labute approximate surface area is 146 Å². The molecule has 0 radical (unpaired) electrons. The molecule has 0 unspecified atom stereocenters. The van der Waals surface area contributed by atoms with E-state index in [0.29, 0.717) is 18.8 Å². The summed E-state index contributed by atoms with van der Waals surface area (Å²) in [6.07, 6.45) is 1.90. The number of carbonyl (C=O) groups is 1. The molecule has 4 rings (SSSR count). The predicted molar refractivity (Wildman–Crippen MR) is 95.3 cm³/mol. The van der Waals surface area contributed by atoms with Crippen molar-refractivity contribution in [3.8, 4) is 11.4 Å². The van der Waals surface area contributed by atoms with Gasteiger partial charge in [-0.2, -0.15) is 5.10 Å². The fourth-order valence-electron chi connectivity index (χ4n) is 3.46. The van der Waals surface area contributed by atoms with Gasteiger partial charge in [0.1, 0.15) is 11.5 Å². The van der Waals surface area contributed by atoms with Gasteiger partial charge in [-0.15, -0.1) is 0 Å². The molecular formula is C19H21N5O. The lowest BCUT2D eigenvalue weighted by Gasteiger charge is -2.41. The standard InChI is InChI=1S/C19H21N5O/c1-13-9-17(22(3)21-13)19(25)23-11-16(12-23)24-14(2)10-20-18(24)15-7-5-4-6-8-15/h4-10,16H,11-12H2,1-3H3. The van der Waals surface area contributed by atoms with Crippen molar-refractivity contribution in [1.82, 2.24) is 24.2 Å². The average Bonchev–Trinajstić information content (AvgIpc) is 3.09. The fraction of sp³-hybridized carbons (Fsp3) is 0.316. The molecule has 128 valence electrons. The van der Waals surface area contributed by atoms with Gasteiger partial charge in [-0.3, -0.25) is 9.48 Å². The Morgan fingerprint density at radius 2 is 1.88 bits per heavy atom. The van der Waals surface area contributed by atoms with Gasteiger partial charge in [0.05, 0.1) is 11.7 Å². The van der Waals surface area contributed by atoms with Crippen molar-refractivity contribution < 1.29 is 4.79 Å². The number of hydrogen-bond acceptors (Lipinski definition) is 3. The Morgan fingerprint density at radius 1 is 1.16 bits per heavy atom. The second-order valence-corrected chi connectivity index (χ2v) is 6.62. The maximum atomic E-state index is 12.7. The van der Waals surface area contributed by atoms with Crippen LogP contribution in [0.15, 0.2) is 42.6 Å². The summed E-state index contributed by atoms with van der Waals surface area (Å²) >= 11 is 0. The number of hydrogen-bond donors (Lipinski definition) is 0. The molecule has 0 saturated carbocycles. The first-order chi connectivity index (χ1) is 12.0. The van der Waals surface area contributed by atoms with E-state index in [0.717, 1.165) is 22.8 Å². The highest BCUT2D eigenvalue weighted by Crippen LogP contribution is 2.30. The van der Waals surface area contributed by atoms with E-state index in [9.17, 15) is 4.79 Å². The second kappa shape index (κ2) is 5.88. The molecule has 1 aliphatic heterocycles. The number of aryl methyl sites for hydroxylation is 3. The summed E-state index contributed by atoms with van der Waals surface area (Å²) in [7, 11) is 1.81. The van der Waals surface area contributed by atoms with Crippen molar-refractivity contribution >= 4 is 5.91 Å². The Hall–Kier alpha value is -2.89. The monoisotopic (exact) mass is 335 g/mol. The van der Waals surface area contributed by atoms with Gasteiger partial charge in [-0.1, -0.05) is 30.3 Å². The second-order valence-electron chi connectivity index (χ2n) is 6.62. The number of carbonyl (C=O) groups excluding carboxylic acids is 1. The Bertz CT molecular complexity index is 919. The van der Waals surface area contributed by atoms with Crippen molar-refractivity contribution in [1.29, 1.82) is 0 Å². The molecule has 0 aliphatic carbocycles. The van der Waals surface area contributed by atoms with Crippen molar-refractivity contribution in [2.75, 3.05) is 13.1 Å². The van der Waals surface area contributed by atoms with Gasteiger partial charge >= 0.3 is 0 Å². The van der Waals surface area contributed by atoms with Crippen molar-refractivity contribution in [3.63, 3.8) is 0 Å². The van der Waals surface area contributed by atoms with Gasteiger partial charge in [0.15, 0.2) is 0 Å². The van der Waals surface area contributed by atoms with Crippen LogP contribution in [0, 0.1) is 13.8 Å². The summed E-state index contributed by atoms with van der Waals surface area (Å²) in [5.74, 6) is 1.00. The van der Waals surface area contributed by atoms with E-state index in [2.05, 4.69) is 33.7 Å². The van der Waals surface area contributed by atoms with Crippen molar-refractivity contribution in [3.05, 3.63) is 59.7 Å². The molecule has 6 nitrogen and oxygen atoms in total. The lowest BCUT2D eigenvalue weighted by molar-refractivity contribution is 0.0509. The molecule has 1 saturated heterocycles. The van der Waals surface area contributed by atoms with Crippen LogP contribution in [0.25, 0.3) is 11.4 Å². The number of likely N-dealkylation sites (tertiary alicyclic amines) is 1. The summed E-state index contributed by atoms with van der Waals surface area (Å²) in [4.78, 5) is 19.1. The molecule has 1 aromatic carbocycles. The number of rotatable bonds is 3.